The number of nitrogens with one attached hydrogen (secondary N) is 1. The normalized spacial score (nSPS) is 13.8. The highest BCUT2D eigenvalue weighted by molar-refractivity contribution is 6.30. The highest BCUT2D eigenvalue weighted by Crippen LogP contribution is 2.26. The number of rotatable bonds is 6. The second-order valence-corrected chi connectivity index (χ2v) is 4.97. The Morgan fingerprint density at radius 2 is 1.90 bits per heavy atom. The Bertz CT molecular complexity index is 533. The van der Waals surface area contributed by atoms with E-state index in [4.69, 9.17) is 16.3 Å². The zero-order valence-corrected chi connectivity index (χ0v) is 12.0. The first-order valence-corrected chi connectivity index (χ1v) is 6.88. The van der Waals surface area contributed by atoms with E-state index in [-0.39, 0.29) is 0 Å². The van der Waals surface area contributed by atoms with E-state index in [1.807, 2.05) is 48.5 Å². The Hall–Kier alpha value is -1.55. The first-order chi connectivity index (χ1) is 9.70. The quantitative estimate of drug-likeness (QED) is 0.859. The van der Waals surface area contributed by atoms with Crippen LogP contribution < -0.4 is 10.1 Å². The molecule has 2 unspecified atom stereocenters. The fourth-order valence-corrected chi connectivity index (χ4v) is 2.21. The highest BCUT2D eigenvalue weighted by Gasteiger charge is 2.22. The van der Waals surface area contributed by atoms with E-state index in [0.29, 0.717) is 17.3 Å². The first-order valence-electron chi connectivity index (χ1n) is 6.50. The summed E-state index contributed by atoms with van der Waals surface area (Å²) in [7, 11) is 1.79. The molecule has 0 radical (unpaired) electrons. The monoisotopic (exact) mass is 291 g/mol. The van der Waals surface area contributed by atoms with Gasteiger partial charge in [-0.2, -0.15) is 0 Å². The van der Waals surface area contributed by atoms with Gasteiger partial charge in [0, 0.05) is 11.6 Å². The van der Waals surface area contributed by atoms with Crippen molar-refractivity contribution in [1.82, 2.24) is 5.32 Å². The van der Waals surface area contributed by atoms with Crippen molar-refractivity contribution in [1.29, 1.82) is 0 Å². The molecular weight excluding hydrogens is 274 g/mol. The van der Waals surface area contributed by atoms with Crippen molar-refractivity contribution in [2.24, 2.45) is 0 Å². The largest absolute Gasteiger partial charge is 0.483 e. The Morgan fingerprint density at radius 3 is 2.55 bits per heavy atom. The first kappa shape index (κ1) is 14.9. The number of ether oxygens (including phenoxy) is 1. The minimum atomic E-state index is -0.668. The summed E-state index contributed by atoms with van der Waals surface area (Å²) in [5, 5.41) is 13.9. The van der Waals surface area contributed by atoms with Crippen LogP contribution in [0.3, 0.4) is 0 Å². The molecule has 0 fully saturated rings. The fraction of sp³-hybridized carbons (Fsp3) is 0.250. The molecule has 0 saturated carbocycles. The lowest BCUT2D eigenvalue weighted by Gasteiger charge is -2.24. The minimum Gasteiger partial charge on any atom is -0.483 e. The summed E-state index contributed by atoms with van der Waals surface area (Å²) in [5.74, 6) is 0.715. The van der Waals surface area contributed by atoms with Gasteiger partial charge in [-0.25, -0.2) is 0 Å². The molecule has 0 aliphatic rings. The molecule has 3 nitrogen and oxygen atoms in total. The molecule has 0 aliphatic heterocycles. The topological polar surface area (TPSA) is 41.5 Å². The number of likely N-dealkylation sites (N-methyl/N-ethyl adjacent to an activating group) is 1. The maximum atomic E-state index is 10.3. The molecule has 106 valence electrons. The van der Waals surface area contributed by atoms with Crippen molar-refractivity contribution in [3.63, 3.8) is 0 Å². The summed E-state index contributed by atoms with van der Waals surface area (Å²) in [6.07, 6.45) is -1.14. The van der Waals surface area contributed by atoms with Crippen molar-refractivity contribution < 1.29 is 9.84 Å². The SMILES string of the molecule is CNCC(O)C(Oc1ccccc1)c1cccc(Cl)c1. The fourth-order valence-electron chi connectivity index (χ4n) is 2.01. The Kier molecular flexibility index (Phi) is 5.41. The van der Waals surface area contributed by atoms with Gasteiger partial charge in [-0.05, 0) is 36.9 Å². The predicted octanol–water partition coefficient (Wildman–Crippen LogP) is 3.04. The van der Waals surface area contributed by atoms with Gasteiger partial charge in [-0.3, -0.25) is 0 Å². The van der Waals surface area contributed by atoms with Gasteiger partial charge >= 0.3 is 0 Å². The van der Waals surface area contributed by atoms with Crippen molar-refractivity contribution in [2.45, 2.75) is 12.2 Å². The zero-order chi connectivity index (χ0) is 14.4. The highest BCUT2D eigenvalue weighted by atomic mass is 35.5. The van der Waals surface area contributed by atoms with Gasteiger partial charge in [0.25, 0.3) is 0 Å². The van der Waals surface area contributed by atoms with Gasteiger partial charge in [0.1, 0.15) is 11.9 Å². The molecule has 0 heterocycles. The minimum absolute atomic E-state index is 0.435. The van der Waals surface area contributed by atoms with Crippen LogP contribution in [0.4, 0.5) is 0 Å². The summed E-state index contributed by atoms with van der Waals surface area (Å²) in [4.78, 5) is 0. The summed E-state index contributed by atoms with van der Waals surface area (Å²) in [6, 6.07) is 16.8. The Morgan fingerprint density at radius 1 is 1.15 bits per heavy atom. The summed E-state index contributed by atoms with van der Waals surface area (Å²) in [6.45, 7) is 0.435. The molecular formula is C16H18ClNO2. The number of benzene rings is 2. The maximum Gasteiger partial charge on any atom is 0.151 e. The molecule has 2 atom stereocenters. The molecule has 2 N–H and O–H groups in total. The molecule has 4 heteroatoms. The van der Waals surface area contributed by atoms with Gasteiger partial charge in [0.05, 0.1) is 0 Å². The lowest BCUT2D eigenvalue weighted by molar-refractivity contribution is 0.0369. The van der Waals surface area contributed by atoms with Crippen LogP contribution in [0.25, 0.3) is 0 Å². The number of hydrogen-bond donors (Lipinski definition) is 2. The smallest absolute Gasteiger partial charge is 0.151 e. The summed E-state index contributed by atoms with van der Waals surface area (Å²) in [5.41, 5.74) is 0.851. The van der Waals surface area contributed by atoms with E-state index in [9.17, 15) is 5.11 Å². The van der Waals surface area contributed by atoms with Crippen molar-refractivity contribution in [2.75, 3.05) is 13.6 Å². The zero-order valence-electron chi connectivity index (χ0n) is 11.3. The van der Waals surface area contributed by atoms with E-state index < -0.39 is 12.2 Å². The molecule has 2 rings (SSSR count). The molecule has 2 aromatic carbocycles. The van der Waals surface area contributed by atoms with Gasteiger partial charge in [-0.15, -0.1) is 0 Å². The Labute approximate surface area is 124 Å². The van der Waals surface area contributed by atoms with Gasteiger partial charge in [-0.1, -0.05) is 41.9 Å². The van der Waals surface area contributed by atoms with Crippen LogP contribution in [0.2, 0.25) is 5.02 Å². The van der Waals surface area contributed by atoms with Crippen LogP contribution in [0.5, 0.6) is 5.75 Å². The summed E-state index contributed by atoms with van der Waals surface area (Å²) < 4.78 is 5.92. The molecule has 0 aromatic heterocycles. The predicted molar refractivity (Wildman–Crippen MR) is 81.2 cm³/mol. The van der Waals surface area contributed by atoms with Crippen LogP contribution in [-0.4, -0.2) is 24.8 Å². The van der Waals surface area contributed by atoms with Crippen LogP contribution in [0.1, 0.15) is 11.7 Å². The van der Waals surface area contributed by atoms with Crippen LogP contribution in [0.15, 0.2) is 54.6 Å². The third kappa shape index (κ3) is 3.97. The van der Waals surface area contributed by atoms with Crippen molar-refractivity contribution in [3.8, 4) is 5.75 Å². The third-order valence-corrected chi connectivity index (χ3v) is 3.18. The van der Waals surface area contributed by atoms with E-state index in [2.05, 4.69) is 5.32 Å². The molecule has 0 spiro atoms. The molecule has 20 heavy (non-hydrogen) atoms. The van der Waals surface area contributed by atoms with E-state index in [1.165, 1.54) is 0 Å². The molecule has 0 aliphatic carbocycles. The number of aliphatic hydroxyl groups excluding tert-OH is 1. The van der Waals surface area contributed by atoms with Crippen LogP contribution >= 0.6 is 11.6 Å². The lowest BCUT2D eigenvalue weighted by atomic mass is 10.0. The van der Waals surface area contributed by atoms with Crippen LogP contribution in [-0.2, 0) is 0 Å². The summed E-state index contributed by atoms with van der Waals surface area (Å²) >= 11 is 6.02. The third-order valence-electron chi connectivity index (χ3n) is 2.95. The van der Waals surface area contributed by atoms with Crippen molar-refractivity contribution >= 4 is 11.6 Å². The van der Waals surface area contributed by atoms with E-state index in [1.54, 1.807) is 13.1 Å². The molecule has 0 bridgehead atoms. The standard InChI is InChI=1S/C16H18ClNO2/c1-18-11-15(19)16(12-6-5-7-13(17)10-12)20-14-8-3-2-4-9-14/h2-10,15-16,18-19H,11H2,1H3. The average molecular weight is 292 g/mol. The Balaban J connectivity index is 2.25. The number of halogens is 1. The number of aliphatic hydroxyl groups is 1. The second-order valence-electron chi connectivity index (χ2n) is 4.53. The van der Waals surface area contributed by atoms with Gasteiger partial charge in [0.2, 0.25) is 0 Å². The van der Waals surface area contributed by atoms with E-state index >= 15 is 0 Å². The lowest BCUT2D eigenvalue weighted by Crippen LogP contribution is -2.32. The second kappa shape index (κ2) is 7.29. The van der Waals surface area contributed by atoms with Crippen LogP contribution in [0, 0.1) is 0 Å². The molecule has 0 amide bonds. The van der Waals surface area contributed by atoms with Gasteiger partial charge < -0.3 is 15.2 Å². The van der Waals surface area contributed by atoms with Gasteiger partial charge in [0.15, 0.2) is 6.10 Å². The van der Waals surface area contributed by atoms with E-state index in [0.717, 1.165) is 5.56 Å². The molecule has 0 saturated heterocycles. The average Bonchev–Trinajstić information content (AvgIpc) is 2.46. The molecule has 2 aromatic rings. The maximum absolute atomic E-state index is 10.3. The number of hydrogen-bond acceptors (Lipinski definition) is 3. The van der Waals surface area contributed by atoms with Crippen molar-refractivity contribution in [3.05, 3.63) is 65.2 Å². The number of para-hydroxylation sites is 1.